The molecule has 0 aliphatic rings. The summed E-state index contributed by atoms with van der Waals surface area (Å²) in [4.78, 5) is 10.4. The highest BCUT2D eigenvalue weighted by molar-refractivity contribution is 5.10. The smallest absolute Gasteiger partial charge is 0.106 e. The Morgan fingerprint density at radius 1 is 0.909 bits per heavy atom. The Morgan fingerprint density at radius 2 is 1.09 bits per heavy atom. The van der Waals surface area contributed by atoms with E-state index in [0.29, 0.717) is 0 Å². The maximum atomic E-state index is 8.00. The topological polar surface area (TPSA) is 20.3 Å². The summed E-state index contributed by atoms with van der Waals surface area (Å²) in [5.41, 5.74) is 0. The van der Waals surface area contributed by atoms with Crippen LogP contribution in [0.15, 0.2) is 13.2 Å². The maximum absolute atomic E-state index is 8.00. The molecule has 0 amide bonds. The Balaban J connectivity index is -0.000000138. The quantitative estimate of drug-likeness (QED) is 0.587. The van der Waals surface area contributed by atoms with Crippen LogP contribution in [0.2, 0.25) is 0 Å². The normalized spacial score (nSPS) is 7.27. The molecule has 0 saturated carbocycles. The molecule has 0 spiro atoms. The molecule has 0 radical (unpaired) electrons. The number of nitrogens with zero attached hydrogens (tertiary/aromatic N) is 1. The van der Waals surface area contributed by atoms with Crippen LogP contribution in [-0.4, -0.2) is 31.3 Å². The molecule has 11 heavy (non-hydrogen) atoms. The van der Waals surface area contributed by atoms with Gasteiger partial charge in [0.15, 0.2) is 0 Å². The SMILES string of the molecule is C=C.C=O.CCN(CC)CC. The van der Waals surface area contributed by atoms with E-state index in [9.17, 15) is 0 Å². The van der Waals surface area contributed by atoms with Gasteiger partial charge in [-0.2, -0.15) is 0 Å². The first-order valence-corrected chi connectivity index (χ1v) is 3.86. The first kappa shape index (κ1) is 16.8. The van der Waals surface area contributed by atoms with Crippen molar-refractivity contribution in [2.24, 2.45) is 0 Å². The van der Waals surface area contributed by atoms with Crippen molar-refractivity contribution in [3.63, 3.8) is 0 Å². The molecular formula is C9H21NO. The van der Waals surface area contributed by atoms with Gasteiger partial charge in [0.1, 0.15) is 6.79 Å². The molecule has 0 fully saturated rings. The third-order valence-corrected chi connectivity index (χ3v) is 1.34. The molecule has 0 unspecified atom stereocenters. The first-order valence-electron chi connectivity index (χ1n) is 3.86. The van der Waals surface area contributed by atoms with Gasteiger partial charge in [0.25, 0.3) is 0 Å². The number of rotatable bonds is 3. The summed E-state index contributed by atoms with van der Waals surface area (Å²) < 4.78 is 0. The lowest BCUT2D eigenvalue weighted by Gasteiger charge is -2.13. The van der Waals surface area contributed by atoms with Crippen LogP contribution in [0.4, 0.5) is 0 Å². The van der Waals surface area contributed by atoms with Crippen molar-refractivity contribution in [1.82, 2.24) is 4.90 Å². The summed E-state index contributed by atoms with van der Waals surface area (Å²) in [5, 5.41) is 0. The Bertz CT molecular complexity index is 46.0. The molecule has 2 nitrogen and oxygen atoms in total. The second-order valence-corrected chi connectivity index (χ2v) is 1.62. The fourth-order valence-corrected chi connectivity index (χ4v) is 0.671. The largest absolute Gasteiger partial charge is 0.307 e. The Kier molecular flexibility index (Phi) is 34.7. The molecule has 0 rings (SSSR count). The number of hydrogen-bond donors (Lipinski definition) is 0. The lowest BCUT2D eigenvalue weighted by molar-refractivity contribution is -0.0979. The third-order valence-electron chi connectivity index (χ3n) is 1.34. The predicted octanol–water partition coefficient (Wildman–Crippen LogP) is 1.97. The molecule has 2 heteroatoms. The van der Waals surface area contributed by atoms with Crippen LogP contribution >= 0.6 is 0 Å². The molecule has 0 aliphatic carbocycles. The highest BCUT2D eigenvalue weighted by Gasteiger charge is 1.89. The van der Waals surface area contributed by atoms with E-state index in [1.165, 1.54) is 19.6 Å². The lowest BCUT2D eigenvalue weighted by atomic mass is 10.5. The molecule has 0 aromatic rings. The Labute approximate surface area is 70.9 Å². The summed E-state index contributed by atoms with van der Waals surface area (Å²) in [5.74, 6) is 0. The lowest BCUT2D eigenvalue weighted by Crippen LogP contribution is -2.21. The molecule has 0 aromatic heterocycles. The van der Waals surface area contributed by atoms with Crippen LogP contribution in [0.5, 0.6) is 0 Å². The highest BCUT2D eigenvalue weighted by Crippen LogP contribution is 1.81. The minimum atomic E-state index is 1.19. The van der Waals surface area contributed by atoms with Crippen molar-refractivity contribution in [1.29, 1.82) is 0 Å². The Morgan fingerprint density at radius 3 is 1.09 bits per heavy atom. The van der Waals surface area contributed by atoms with Crippen LogP contribution in [0.3, 0.4) is 0 Å². The monoisotopic (exact) mass is 159 g/mol. The zero-order chi connectivity index (χ0) is 9.70. The van der Waals surface area contributed by atoms with Gasteiger partial charge in [-0.25, -0.2) is 0 Å². The maximum Gasteiger partial charge on any atom is 0.106 e. The zero-order valence-corrected chi connectivity index (χ0v) is 8.10. The first-order chi connectivity index (χ1) is 5.35. The predicted molar refractivity (Wildman–Crippen MR) is 51.8 cm³/mol. The number of carbonyl (C=O) groups is 1. The fourth-order valence-electron chi connectivity index (χ4n) is 0.671. The average molecular weight is 159 g/mol. The van der Waals surface area contributed by atoms with E-state index in [1.54, 1.807) is 0 Å². The van der Waals surface area contributed by atoms with Crippen molar-refractivity contribution in [2.75, 3.05) is 19.6 Å². The zero-order valence-electron chi connectivity index (χ0n) is 8.10. The molecular weight excluding hydrogens is 138 g/mol. The molecule has 0 heterocycles. The standard InChI is InChI=1S/C6H15N.C2H4.CH2O/c1-4-7(5-2)6-3;2*1-2/h4-6H2,1-3H3;1-2H2;1H2. The van der Waals surface area contributed by atoms with Crippen molar-refractivity contribution in [3.8, 4) is 0 Å². The van der Waals surface area contributed by atoms with Crippen LogP contribution in [0, 0.1) is 0 Å². The summed E-state index contributed by atoms with van der Waals surface area (Å²) in [6, 6.07) is 0. The van der Waals surface area contributed by atoms with Gasteiger partial charge in [0, 0.05) is 0 Å². The number of hydrogen-bond acceptors (Lipinski definition) is 2. The van der Waals surface area contributed by atoms with E-state index in [-0.39, 0.29) is 0 Å². The van der Waals surface area contributed by atoms with Crippen LogP contribution < -0.4 is 0 Å². The minimum absolute atomic E-state index is 1.19. The van der Waals surface area contributed by atoms with Gasteiger partial charge in [-0.15, -0.1) is 13.2 Å². The van der Waals surface area contributed by atoms with E-state index in [1.807, 2.05) is 6.79 Å². The summed E-state index contributed by atoms with van der Waals surface area (Å²) >= 11 is 0. The van der Waals surface area contributed by atoms with Crippen molar-refractivity contribution >= 4 is 6.79 Å². The molecule has 68 valence electrons. The highest BCUT2D eigenvalue weighted by atomic mass is 16.1. The van der Waals surface area contributed by atoms with E-state index >= 15 is 0 Å². The fraction of sp³-hybridized carbons (Fsp3) is 0.667. The van der Waals surface area contributed by atoms with Gasteiger partial charge in [0.05, 0.1) is 0 Å². The second-order valence-electron chi connectivity index (χ2n) is 1.62. The second kappa shape index (κ2) is 22.8. The molecule has 0 bridgehead atoms. The molecule has 0 atom stereocenters. The van der Waals surface area contributed by atoms with E-state index in [0.717, 1.165) is 0 Å². The Hall–Kier alpha value is -0.630. The van der Waals surface area contributed by atoms with Crippen LogP contribution in [0.1, 0.15) is 20.8 Å². The summed E-state index contributed by atoms with van der Waals surface area (Å²) in [6.45, 7) is 18.1. The molecule has 0 aliphatic heterocycles. The molecule has 0 aromatic carbocycles. The van der Waals surface area contributed by atoms with Crippen molar-refractivity contribution in [3.05, 3.63) is 13.2 Å². The van der Waals surface area contributed by atoms with Crippen LogP contribution in [-0.2, 0) is 4.79 Å². The summed E-state index contributed by atoms with van der Waals surface area (Å²) in [6.07, 6.45) is 0. The average Bonchev–Trinajstić information content (AvgIpc) is 2.14. The molecule has 0 N–H and O–H groups in total. The van der Waals surface area contributed by atoms with E-state index in [4.69, 9.17) is 4.79 Å². The molecule has 0 saturated heterocycles. The van der Waals surface area contributed by atoms with Gasteiger partial charge in [-0.3, -0.25) is 0 Å². The van der Waals surface area contributed by atoms with Gasteiger partial charge in [0.2, 0.25) is 0 Å². The summed E-state index contributed by atoms with van der Waals surface area (Å²) in [7, 11) is 0. The van der Waals surface area contributed by atoms with E-state index in [2.05, 4.69) is 38.8 Å². The number of carbonyl (C=O) groups excluding carboxylic acids is 1. The third kappa shape index (κ3) is 17.6. The van der Waals surface area contributed by atoms with E-state index < -0.39 is 0 Å². The van der Waals surface area contributed by atoms with Crippen LogP contribution in [0.25, 0.3) is 0 Å². The van der Waals surface area contributed by atoms with Crippen molar-refractivity contribution < 1.29 is 4.79 Å². The van der Waals surface area contributed by atoms with Gasteiger partial charge < -0.3 is 9.69 Å². The van der Waals surface area contributed by atoms with Gasteiger partial charge in [-0.1, -0.05) is 20.8 Å². The van der Waals surface area contributed by atoms with Gasteiger partial charge >= 0.3 is 0 Å². The minimum Gasteiger partial charge on any atom is -0.307 e. The van der Waals surface area contributed by atoms with Gasteiger partial charge in [-0.05, 0) is 19.6 Å². The van der Waals surface area contributed by atoms with Crippen molar-refractivity contribution in [2.45, 2.75) is 20.8 Å².